The van der Waals surface area contributed by atoms with Crippen LogP contribution in [0.2, 0.25) is 0 Å². The molecule has 0 radical (unpaired) electrons. The predicted molar refractivity (Wildman–Crippen MR) is 75.0 cm³/mol. The second-order valence-electron chi connectivity index (χ2n) is 5.69. The molecule has 19 heavy (non-hydrogen) atoms. The smallest absolute Gasteiger partial charge is 0.211 e. The first-order chi connectivity index (χ1) is 8.74. The van der Waals surface area contributed by atoms with Crippen molar-refractivity contribution in [2.24, 2.45) is 5.41 Å². The van der Waals surface area contributed by atoms with Gasteiger partial charge >= 0.3 is 0 Å². The number of rotatable bonds is 5. The van der Waals surface area contributed by atoms with Gasteiger partial charge in [0.15, 0.2) is 0 Å². The molecule has 0 saturated carbocycles. The van der Waals surface area contributed by atoms with Crippen LogP contribution < -0.4 is 4.72 Å². The van der Waals surface area contributed by atoms with Crippen LogP contribution in [0.1, 0.15) is 32.8 Å². The fourth-order valence-electron chi connectivity index (χ4n) is 1.52. The van der Waals surface area contributed by atoms with Crippen LogP contribution in [0.5, 0.6) is 0 Å². The number of nitrogens with one attached hydrogen (secondary N) is 1. The van der Waals surface area contributed by atoms with Crippen LogP contribution in [0.3, 0.4) is 0 Å². The van der Waals surface area contributed by atoms with Crippen molar-refractivity contribution in [1.82, 2.24) is 4.72 Å². The van der Waals surface area contributed by atoms with Gasteiger partial charge in [-0.3, -0.25) is 0 Å². The largest absolute Gasteiger partial charge is 0.240 e. The van der Waals surface area contributed by atoms with Crippen LogP contribution in [0, 0.1) is 16.7 Å². The third kappa shape index (κ3) is 5.41. The summed E-state index contributed by atoms with van der Waals surface area (Å²) in [5, 5.41) is 8.56. The van der Waals surface area contributed by atoms with E-state index in [1.54, 1.807) is 12.1 Å². The standard InChI is InChI=1S/C14H20N2O2S/c1-14(2,3)9-11-16-19(17,18)13-6-4-12(5-7-13)8-10-15/h4-7,16H,8-9,11H2,1-3H3. The van der Waals surface area contributed by atoms with Crippen LogP contribution in [0.25, 0.3) is 0 Å². The Morgan fingerprint density at radius 1 is 1.21 bits per heavy atom. The lowest BCUT2D eigenvalue weighted by Gasteiger charge is -2.18. The SMILES string of the molecule is CC(C)(C)CCNS(=O)(=O)c1ccc(CC#N)cc1. The molecule has 1 N–H and O–H groups in total. The van der Waals surface area contributed by atoms with Gasteiger partial charge in [-0.25, -0.2) is 13.1 Å². The minimum Gasteiger partial charge on any atom is -0.211 e. The summed E-state index contributed by atoms with van der Waals surface area (Å²) in [6, 6.07) is 8.43. The average molecular weight is 280 g/mol. The van der Waals surface area contributed by atoms with E-state index in [0.717, 1.165) is 12.0 Å². The Morgan fingerprint density at radius 2 is 1.79 bits per heavy atom. The monoisotopic (exact) mass is 280 g/mol. The van der Waals surface area contributed by atoms with E-state index in [1.165, 1.54) is 12.1 Å². The molecular formula is C14H20N2O2S. The van der Waals surface area contributed by atoms with Gasteiger partial charge in [-0.15, -0.1) is 0 Å². The quantitative estimate of drug-likeness (QED) is 0.900. The van der Waals surface area contributed by atoms with Gasteiger partial charge in [-0.2, -0.15) is 5.26 Å². The second-order valence-corrected chi connectivity index (χ2v) is 7.45. The Kier molecular flexibility index (Phi) is 5.10. The molecule has 0 unspecified atom stereocenters. The molecule has 0 aromatic heterocycles. The summed E-state index contributed by atoms with van der Waals surface area (Å²) in [5.74, 6) is 0. The first-order valence-electron chi connectivity index (χ1n) is 6.20. The van der Waals surface area contributed by atoms with E-state index in [1.807, 2.05) is 6.07 Å². The van der Waals surface area contributed by atoms with Gasteiger partial charge in [-0.1, -0.05) is 32.9 Å². The van der Waals surface area contributed by atoms with Gasteiger partial charge in [0.1, 0.15) is 0 Å². The number of hydrogen-bond donors (Lipinski definition) is 1. The zero-order valence-corrected chi connectivity index (χ0v) is 12.4. The maximum Gasteiger partial charge on any atom is 0.240 e. The van der Waals surface area contributed by atoms with Gasteiger partial charge in [0, 0.05) is 6.54 Å². The van der Waals surface area contributed by atoms with E-state index in [9.17, 15) is 8.42 Å². The number of nitriles is 1. The number of hydrogen-bond acceptors (Lipinski definition) is 3. The Morgan fingerprint density at radius 3 is 2.26 bits per heavy atom. The minimum atomic E-state index is -3.45. The zero-order chi connectivity index (χ0) is 14.5. The van der Waals surface area contributed by atoms with Crippen molar-refractivity contribution in [3.63, 3.8) is 0 Å². The molecule has 0 bridgehead atoms. The van der Waals surface area contributed by atoms with Crippen molar-refractivity contribution in [2.75, 3.05) is 6.54 Å². The molecule has 4 nitrogen and oxygen atoms in total. The average Bonchev–Trinajstić information content (AvgIpc) is 2.28. The van der Waals surface area contributed by atoms with E-state index in [0.29, 0.717) is 6.54 Å². The summed E-state index contributed by atoms with van der Waals surface area (Å²) in [7, 11) is -3.45. The Bertz CT molecular complexity index is 549. The van der Waals surface area contributed by atoms with E-state index < -0.39 is 10.0 Å². The molecule has 1 rings (SSSR count). The normalized spacial score (nSPS) is 12.1. The van der Waals surface area contributed by atoms with Crippen LogP contribution in [0.4, 0.5) is 0 Å². The fourth-order valence-corrected chi connectivity index (χ4v) is 2.55. The molecule has 0 spiro atoms. The molecule has 1 aromatic rings. The summed E-state index contributed by atoms with van der Waals surface area (Å²) in [6.45, 7) is 6.62. The lowest BCUT2D eigenvalue weighted by Crippen LogP contribution is -2.27. The number of benzene rings is 1. The van der Waals surface area contributed by atoms with Crippen LogP contribution in [-0.2, 0) is 16.4 Å². The van der Waals surface area contributed by atoms with E-state index in [-0.39, 0.29) is 16.7 Å². The fraction of sp³-hybridized carbons (Fsp3) is 0.500. The van der Waals surface area contributed by atoms with Gasteiger partial charge in [0.25, 0.3) is 0 Å². The topological polar surface area (TPSA) is 70.0 Å². The molecular weight excluding hydrogens is 260 g/mol. The molecule has 0 fully saturated rings. The summed E-state index contributed by atoms with van der Waals surface area (Å²) < 4.78 is 26.6. The van der Waals surface area contributed by atoms with Gasteiger partial charge in [0.05, 0.1) is 17.4 Å². The lowest BCUT2D eigenvalue weighted by atomic mass is 9.93. The minimum absolute atomic E-state index is 0.0964. The maximum atomic E-state index is 12.0. The van der Waals surface area contributed by atoms with E-state index in [4.69, 9.17) is 5.26 Å². The first-order valence-corrected chi connectivity index (χ1v) is 7.68. The zero-order valence-electron chi connectivity index (χ0n) is 11.6. The summed E-state index contributed by atoms with van der Waals surface area (Å²) in [4.78, 5) is 0.239. The third-order valence-corrected chi connectivity index (χ3v) is 4.16. The van der Waals surface area contributed by atoms with Crippen LogP contribution >= 0.6 is 0 Å². The molecule has 0 aliphatic rings. The van der Waals surface area contributed by atoms with Crippen molar-refractivity contribution in [3.05, 3.63) is 29.8 Å². The maximum absolute atomic E-state index is 12.0. The molecule has 0 saturated heterocycles. The number of nitrogens with zero attached hydrogens (tertiary/aromatic N) is 1. The Balaban J connectivity index is 2.70. The first kappa shape index (κ1) is 15.7. The van der Waals surface area contributed by atoms with Crippen molar-refractivity contribution < 1.29 is 8.42 Å². The molecule has 104 valence electrons. The van der Waals surface area contributed by atoms with Crippen molar-refractivity contribution in [1.29, 1.82) is 5.26 Å². The molecule has 0 aliphatic carbocycles. The highest BCUT2D eigenvalue weighted by Crippen LogP contribution is 2.18. The van der Waals surface area contributed by atoms with Gasteiger partial charge in [0.2, 0.25) is 10.0 Å². The number of sulfonamides is 1. The highest BCUT2D eigenvalue weighted by Gasteiger charge is 2.16. The predicted octanol–water partition coefficient (Wildman–Crippen LogP) is 2.47. The van der Waals surface area contributed by atoms with E-state index >= 15 is 0 Å². The highest BCUT2D eigenvalue weighted by molar-refractivity contribution is 7.89. The van der Waals surface area contributed by atoms with E-state index in [2.05, 4.69) is 25.5 Å². The summed E-state index contributed by atoms with van der Waals surface area (Å²) >= 11 is 0. The molecule has 0 aliphatic heterocycles. The van der Waals surface area contributed by atoms with Crippen LogP contribution in [-0.4, -0.2) is 15.0 Å². The summed E-state index contributed by atoms with van der Waals surface area (Å²) in [5.41, 5.74) is 0.912. The lowest BCUT2D eigenvalue weighted by molar-refractivity contribution is 0.378. The van der Waals surface area contributed by atoms with Crippen molar-refractivity contribution >= 4 is 10.0 Å². The Labute approximate surface area is 115 Å². The second kappa shape index (κ2) is 6.18. The highest BCUT2D eigenvalue weighted by atomic mass is 32.2. The molecule has 0 atom stereocenters. The van der Waals surface area contributed by atoms with Crippen molar-refractivity contribution in [2.45, 2.75) is 38.5 Å². The molecule has 1 aromatic carbocycles. The Hall–Kier alpha value is -1.38. The molecule has 5 heteroatoms. The third-order valence-electron chi connectivity index (χ3n) is 2.68. The van der Waals surface area contributed by atoms with Crippen LogP contribution in [0.15, 0.2) is 29.2 Å². The summed E-state index contributed by atoms with van der Waals surface area (Å²) in [6.07, 6.45) is 1.07. The van der Waals surface area contributed by atoms with Gasteiger partial charge in [-0.05, 0) is 29.5 Å². The van der Waals surface area contributed by atoms with Gasteiger partial charge < -0.3 is 0 Å². The molecule has 0 heterocycles. The van der Waals surface area contributed by atoms with Crippen molar-refractivity contribution in [3.8, 4) is 6.07 Å². The molecule has 0 amide bonds.